The number of carbonyl (C=O) groups excluding carboxylic acids is 1. The normalized spacial score (nSPS) is 12.3. The molecule has 0 aliphatic carbocycles. The highest BCUT2D eigenvalue weighted by molar-refractivity contribution is 14.1. The summed E-state index contributed by atoms with van der Waals surface area (Å²) < 4.78 is 3.32. The molecular weight excluding hydrogens is 453 g/mol. The van der Waals surface area contributed by atoms with Crippen molar-refractivity contribution in [3.8, 4) is 5.69 Å². The molecular formula is C21H20IN3O2. The minimum atomic E-state index is -1.25. The predicted octanol–water partition coefficient (Wildman–Crippen LogP) is 3.88. The molecule has 1 amide bonds. The molecule has 0 aliphatic rings. The van der Waals surface area contributed by atoms with E-state index in [2.05, 4.69) is 62.0 Å². The van der Waals surface area contributed by atoms with Crippen molar-refractivity contribution in [1.29, 1.82) is 0 Å². The first-order chi connectivity index (χ1) is 13.0. The molecule has 5 nitrogen and oxygen atoms in total. The molecule has 6 heteroatoms. The Balaban J connectivity index is 1.73. The maximum Gasteiger partial charge on any atom is 0.273 e. The number of hydrogen-bond donors (Lipinski definition) is 2. The summed E-state index contributed by atoms with van der Waals surface area (Å²) in [4.78, 5) is 12.1. The van der Waals surface area contributed by atoms with Crippen LogP contribution in [-0.2, 0) is 4.79 Å². The van der Waals surface area contributed by atoms with E-state index in [4.69, 9.17) is 0 Å². The number of nitrogens with zero attached hydrogens (tertiary/aromatic N) is 2. The summed E-state index contributed by atoms with van der Waals surface area (Å²) in [5, 5.41) is 14.1. The molecule has 3 rings (SSSR count). The lowest BCUT2D eigenvalue weighted by Crippen LogP contribution is -2.25. The minimum absolute atomic E-state index is 0.530. The fraction of sp³-hybridized carbons (Fsp3) is 0.143. The number of aliphatic hydroxyl groups excluding tert-OH is 1. The van der Waals surface area contributed by atoms with Crippen molar-refractivity contribution in [1.82, 2.24) is 9.99 Å². The first-order valence-electron chi connectivity index (χ1n) is 8.48. The highest BCUT2D eigenvalue weighted by atomic mass is 127. The van der Waals surface area contributed by atoms with E-state index in [-0.39, 0.29) is 0 Å². The molecule has 2 N–H and O–H groups in total. The van der Waals surface area contributed by atoms with Gasteiger partial charge >= 0.3 is 0 Å². The van der Waals surface area contributed by atoms with Crippen LogP contribution in [0.25, 0.3) is 5.69 Å². The van der Waals surface area contributed by atoms with Crippen molar-refractivity contribution in [3.05, 3.63) is 86.7 Å². The number of rotatable bonds is 5. The summed E-state index contributed by atoms with van der Waals surface area (Å²) in [7, 11) is 0. The lowest BCUT2D eigenvalue weighted by molar-refractivity contribution is -0.129. The Kier molecular flexibility index (Phi) is 6.08. The zero-order chi connectivity index (χ0) is 19.4. The Labute approximate surface area is 171 Å². The van der Waals surface area contributed by atoms with Crippen LogP contribution in [0.3, 0.4) is 0 Å². The summed E-state index contributed by atoms with van der Waals surface area (Å²) in [6, 6.07) is 19.0. The second-order valence-electron chi connectivity index (χ2n) is 6.19. The van der Waals surface area contributed by atoms with Gasteiger partial charge in [-0.25, -0.2) is 5.43 Å². The van der Waals surface area contributed by atoms with Gasteiger partial charge in [-0.2, -0.15) is 5.10 Å². The van der Waals surface area contributed by atoms with Crippen LogP contribution in [0.4, 0.5) is 0 Å². The Morgan fingerprint density at radius 3 is 2.48 bits per heavy atom. The van der Waals surface area contributed by atoms with E-state index in [9.17, 15) is 9.90 Å². The van der Waals surface area contributed by atoms with Gasteiger partial charge in [-0.05, 0) is 72.3 Å². The van der Waals surface area contributed by atoms with Crippen molar-refractivity contribution in [2.24, 2.45) is 5.10 Å². The molecule has 0 radical (unpaired) electrons. The quantitative estimate of drug-likeness (QED) is 0.336. The largest absolute Gasteiger partial charge is 0.378 e. The van der Waals surface area contributed by atoms with E-state index in [1.807, 2.05) is 26.0 Å². The van der Waals surface area contributed by atoms with Crippen LogP contribution in [0.2, 0.25) is 0 Å². The smallest absolute Gasteiger partial charge is 0.273 e. The standard InChI is InChI=1S/C21H20IN3O2/c1-14-12-17(15(2)25(14)19-10-8-18(22)9-11-19)13-23-24-21(27)20(26)16-6-4-3-5-7-16/h3-13,20,26H,1-2H3,(H,24,27)/b23-13-/t20-/m1/s1. The van der Waals surface area contributed by atoms with Gasteiger partial charge in [-0.1, -0.05) is 30.3 Å². The number of aryl methyl sites for hydroxylation is 1. The van der Waals surface area contributed by atoms with Crippen LogP contribution < -0.4 is 5.43 Å². The van der Waals surface area contributed by atoms with E-state index in [0.717, 1.165) is 22.6 Å². The van der Waals surface area contributed by atoms with Crippen LogP contribution in [0.5, 0.6) is 0 Å². The molecule has 0 saturated carbocycles. The Morgan fingerprint density at radius 2 is 1.81 bits per heavy atom. The Bertz CT molecular complexity index is 963. The Morgan fingerprint density at radius 1 is 1.15 bits per heavy atom. The summed E-state index contributed by atoms with van der Waals surface area (Å²) in [6.45, 7) is 4.03. The third-order valence-corrected chi connectivity index (χ3v) is 5.02. The van der Waals surface area contributed by atoms with Gasteiger partial charge in [0.2, 0.25) is 0 Å². The third kappa shape index (κ3) is 4.45. The van der Waals surface area contributed by atoms with Crippen LogP contribution in [0.15, 0.2) is 65.8 Å². The number of nitrogens with one attached hydrogen (secondary N) is 1. The molecule has 1 aromatic heterocycles. The zero-order valence-electron chi connectivity index (χ0n) is 15.1. The van der Waals surface area contributed by atoms with E-state index in [0.29, 0.717) is 5.56 Å². The number of hydrazone groups is 1. The van der Waals surface area contributed by atoms with Gasteiger partial charge in [-0.15, -0.1) is 0 Å². The first kappa shape index (κ1) is 19.3. The predicted molar refractivity (Wildman–Crippen MR) is 115 cm³/mol. The van der Waals surface area contributed by atoms with Gasteiger partial charge < -0.3 is 9.67 Å². The number of carbonyl (C=O) groups is 1. The van der Waals surface area contributed by atoms with Gasteiger partial charge in [0.1, 0.15) is 0 Å². The molecule has 3 aromatic rings. The van der Waals surface area contributed by atoms with Gasteiger partial charge in [0.15, 0.2) is 6.10 Å². The van der Waals surface area contributed by atoms with E-state index in [1.54, 1.807) is 30.5 Å². The van der Waals surface area contributed by atoms with Crippen LogP contribution in [0, 0.1) is 17.4 Å². The maximum absolute atomic E-state index is 12.1. The molecule has 1 heterocycles. The van der Waals surface area contributed by atoms with Crippen molar-refractivity contribution in [2.45, 2.75) is 20.0 Å². The van der Waals surface area contributed by atoms with Crippen LogP contribution >= 0.6 is 22.6 Å². The molecule has 0 spiro atoms. The summed E-state index contributed by atoms with van der Waals surface area (Å²) >= 11 is 2.28. The van der Waals surface area contributed by atoms with E-state index < -0.39 is 12.0 Å². The Hall–Kier alpha value is -2.45. The van der Waals surface area contributed by atoms with Crippen molar-refractivity contribution >= 4 is 34.7 Å². The van der Waals surface area contributed by atoms with Gasteiger partial charge in [0, 0.05) is 26.2 Å². The number of hydrogen-bond acceptors (Lipinski definition) is 3. The van der Waals surface area contributed by atoms with Crippen LogP contribution in [0.1, 0.15) is 28.6 Å². The molecule has 2 aromatic carbocycles. The molecule has 27 heavy (non-hydrogen) atoms. The third-order valence-electron chi connectivity index (χ3n) is 4.30. The summed E-state index contributed by atoms with van der Waals surface area (Å²) in [5.74, 6) is -0.566. The topological polar surface area (TPSA) is 66.6 Å². The second-order valence-corrected chi connectivity index (χ2v) is 7.43. The van der Waals surface area contributed by atoms with Crippen molar-refractivity contribution in [2.75, 3.05) is 0 Å². The highest BCUT2D eigenvalue weighted by Crippen LogP contribution is 2.20. The molecule has 0 aliphatic heterocycles. The van der Waals surface area contributed by atoms with E-state index >= 15 is 0 Å². The average Bonchev–Trinajstić information content (AvgIpc) is 2.96. The van der Waals surface area contributed by atoms with E-state index in [1.165, 1.54) is 3.57 Å². The van der Waals surface area contributed by atoms with Crippen molar-refractivity contribution in [3.63, 3.8) is 0 Å². The number of benzene rings is 2. The van der Waals surface area contributed by atoms with Gasteiger partial charge in [0.05, 0.1) is 6.21 Å². The maximum atomic E-state index is 12.1. The fourth-order valence-electron chi connectivity index (χ4n) is 2.92. The zero-order valence-corrected chi connectivity index (χ0v) is 17.2. The number of aliphatic hydroxyl groups is 1. The monoisotopic (exact) mass is 473 g/mol. The molecule has 0 unspecified atom stereocenters. The molecule has 0 saturated heterocycles. The SMILES string of the molecule is Cc1cc(/C=N\NC(=O)[C@H](O)c2ccccc2)c(C)n1-c1ccc(I)cc1. The summed E-state index contributed by atoms with van der Waals surface area (Å²) in [6.07, 6.45) is 0.351. The van der Waals surface area contributed by atoms with Gasteiger partial charge in [-0.3, -0.25) is 4.79 Å². The van der Waals surface area contributed by atoms with Crippen molar-refractivity contribution < 1.29 is 9.90 Å². The number of aromatic nitrogens is 1. The summed E-state index contributed by atoms with van der Waals surface area (Å²) in [5.41, 5.74) is 7.01. The number of amides is 1. The lowest BCUT2D eigenvalue weighted by atomic mass is 10.1. The molecule has 0 fully saturated rings. The molecule has 138 valence electrons. The van der Waals surface area contributed by atoms with Crippen LogP contribution in [-0.4, -0.2) is 21.8 Å². The number of halogens is 1. The molecule has 0 bridgehead atoms. The highest BCUT2D eigenvalue weighted by Gasteiger charge is 2.16. The molecule has 1 atom stereocenters. The average molecular weight is 473 g/mol. The fourth-order valence-corrected chi connectivity index (χ4v) is 3.28. The van der Waals surface area contributed by atoms with Gasteiger partial charge in [0.25, 0.3) is 5.91 Å². The second kappa shape index (κ2) is 8.49. The first-order valence-corrected chi connectivity index (χ1v) is 9.56. The minimum Gasteiger partial charge on any atom is -0.378 e. The lowest BCUT2D eigenvalue weighted by Gasteiger charge is -2.10.